The van der Waals surface area contributed by atoms with E-state index < -0.39 is 0 Å². The second kappa shape index (κ2) is 7.80. The summed E-state index contributed by atoms with van der Waals surface area (Å²) in [4.78, 5) is 2.44. The minimum Gasteiger partial charge on any atom is -0.376 e. The van der Waals surface area contributed by atoms with E-state index in [4.69, 9.17) is 24.4 Å². The first-order valence-electron chi connectivity index (χ1n) is 12.2. The summed E-state index contributed by atoms with van der Waals surface area (Å²) in [6, 6.07) is 1.27. The van der Waals surface area contributed by atoms with Gasteiger partial charge in [-0.05, 0) is 76.0 Å². The highest BCUT2D eigenvalue weighted by molar-refractivity contribution is 7.80. The van der Waals surface area contributed by atoms with Crippen molar-refractivity contribution in [1.82, 2.24) is 10.6 Å². The van der Waals surface area contributed by atoms with Gasteiger partial charge in [0.05, 0.1) is 9.98 Å². The average Bonchev–Trinajstić information content (AvgIpc) is 2.68. The van der Waals surface area contributed by atoms with E-state index in [1.54, 1.807) is 0 Å². The zero-order valence-electron chi connectivity index (χ0n) is 17.4. The lowest BCUT2D eigenvalue weighted by Crippen LogP contribution is -2.62. The molecule has 0 aromatic heterocycles. The van der Waals surface area contributed by atoms with Crippen LogP contribution in [0.25, 0.3) is 0 Å². The van der Waals surface area contributed by atoms with Gasteiger partial charge in [-0.1, -0.05) is 63.0 Å². The van der Waals surface area contributed by atoms with Gasteiger partial charge in [-0.25, -0.2) is 0 Å². The predicted molar refractivity (Wildman–Crippen MR) is 125 cm³/mol. The second-order valence-corrected chi connectivity index (χ2v) is 12.0. The van der Waals surface area contributed by atoms with E-state index in [0.717, 1.165) is 11.8 Å². The van der Waals surface area contributed by atoms with Gasteiger partial charge in [-0.3, -0.25) is 0 Å². The molecule has 0 atom stereocenters. The molecule has 0 saturated heterocycles. The lowest BCUT2D eigenvalue weighted by molar-refractivity contribution is -0.0429. The fourth-order valence-electron chi connectivity index (χ4n) is 7.96. The van der Waals surface area contributed by atoms with Crippen LogP contribution in [0.15, 0.2) is 0 Å². The van der Waals surface area contributed by atoms with Gasteiger partial charge in [-0.2, -0.15) is 0 Å². The third-order valence-corrected chi connectivity index (χ3v) is 10.0. The van der Waals surface area contributed by atoms with E-state index in [0.29, 0.717) is 12.1 Å². The molecule has 6 saturated carbocycles. The van der Waals surface area contributed by atoms with Crippen LogP contribution in [0.3, 0.4) is 0 Å². The van der Waals surface area contributed by atoms with Crippen molar-refractivity contribution in [1.29, 1.82) is 0 Å². The summed E-state index contributed by atoms with van der Waals surface area (Å²) in [6.45, 7) is 0. The summed E-state index contributed by atoms with van der Waals surface area (Å²) in [6.07, 6.45) is 21.5. The van der Waals surface area contributed by atoms with Gasteiger partial charge in [0.25, 0.3) is 0 Å². The molecule has 6 fully saturated rings. The fraction of sp³-hybridized carbons (Fsp3) is 0.917. The SMILES string of the molecule is S=C(NC1CCCCC1)C12CC3CC(C1)CC(C(=S)NC1CCCCC1)(C3)C2. The molecule has 0 aliphatic heterocycles. The fourth-order valence-corrected chi connectivity index (χ4v) is 8.78. The molecule has 6 rings (SSSR count). The molecule has 0 aromatic rings. The lowest BCUT2D eigenvalue weighted by atomic mass is 9.44. The molecule has 6 aliphatic rings. The Bertz CT molecular complexity index is 554. The maximum atomic E-state index is 6.15. The minimum absolute atomic E-state index is 0.245. The van der Waals surface area contributed by atoms with Crippen molar-refractivity contribution in [3.63, 3.8) is 0 Å². The van der Waals surface area contributed by atoms with Gasteiger partial charge < -0.3 is 10.6 Å². The van der Waals surface area contributed by atoms with Gasteiger partial charge in [0.15, 0.2) is 0 Å². The Morgan fingerprint density at radius 3 is 1.39 bits per heavy atom. The van der Waals surface area contributed by atoms with E-state index in [1.807, 2.05) is 0 Å². The monoisotopic (exact) mass is 418 g/mol. The number of nitrogens with one attached hydrogen (secondary N) is 2. The van der Waals surface area contributed by atoms with E-state index in [9.17, 15) is 0 Å². The molecule has 4 heteroatoms. The van der Waals surface area contributed by atoms with Crippen molar-refractivity contribution in [3.05, 3.63) is 0 Å². The lowest BCUT2D eigenvalue weighted by Gasteiger charge is -2.62. The molecule has 0 radical (unpaired) electrons. The third-order valence-electron chi connectivity index (χ3n) is 8.91. The van der Waals surface area contributed by atoms with E-state index in [-0.39, 0.29) is 10.8 Å². The zero-order valence-corrected chi connectivity index (χ0v) is 19.1. The predicted octanol–water partition coefficient (Wildman–Crippen LogP) is 6.07. The van der Waals surface area contributed by atoms with Crippen LogP contribution in [-0.2, 0) is 0 Å². The van der Waals surface area contributed by atoms with Crippen molar-refractivity contribution in [2.45, 2.75) is 115 Å². The van der Waals surface area contributed by atoms with Crippen LogP contribution >= 0.6 is 24.4 Å². The molecular formula is C24H38N2S2. The van der Waals surface area contributed by atoms with Crippen LogP contribution in [0.5, 0.6) is 0 Å². The Kier molecular flexibility index (Phi) is 5.49. The number of hydrogen-bond donors (Lipinski definition) is 2. The maximum absolute atomic E-state index is 6.15. The Morgan fingerprint density at radius 1 is 0.607 bits per heavy atom. The molecular weight excluding hydrogens is 380 g/mol. The Labute approximate surface area is 182 Å². The third kappa shape index (κ3) is 3.66. The topological polar surface area (TPSA) is 24.1 Å². The van der Waals surface area contributed by atoms with Crippen molar-refractivity contribution >= 4 is 34.4 Å². The molecule has 0 unspecified atom stereocenters. The molecule has 0 aromatic carbocycles. The second-order valence-electron chi connectivity index (χ2n) is 11.1. The highest BCUT2D eigenvalue weighted by Crippen LogP contribution is 2.66. The van der Waals surface area contributed by atoms with Gasteiger partial charge in [0, 0.05) is 22.9 Å². The Hall–Kier alpha value is -0.220. The molecule has 0 heterocycles. The summed E-state index contributed by atoms with van der Waals surface area (Å²) in [7, 11) is 0. The highest BCUT2D eigenvalue weighted by Gasteiger charge is 2.60. The van der Waals surface area contributed by atoms with Crippen LogP contribution in [0.1, 0.15) is 103 Å². The first-order chi connectivity index (χ1) is 13.6. The molecule has 4 bridgehead atoms. The molecule has 156 valence electrons. The van der Waals surface area contributed by atoms with Crippen molar-refractivity contribution in [2.24, 2.45) is 22.7 Å². The van der Waals surface area contributed by atoms with Crippen LogP contribution in [-0.4, -0.2) is 22.1 Å². The summed E-state index contributed by atoms with van der Waals surface area (Å²) in [5.41, 5.74) is 0.490. The summed E-state index contributed by atoms with van der Waals surface area (Å²) >= 11 is 12.3. The van der Waals surface area contributed by atoms with Crippen LogP contribution in [0, 0.1) is 22.7 Å². The van der Waals surface area contributed by atoms with E-state index in [2.05, 4.69) is 10.6 Å². The molecule has 2 nitrogen and oxygen atoms in total. The van der Waals surface area contributed by atoms with Crippen molar-refractivity contribution < 1.29 is 0 Å². The van der Waals surface area contributed by atoms with Crippen molar-refractivity contribution in [2.75, 3.05) is 0 Å². The molecule has 0 spiro atoms. The molecule has 0 amide bonds. The molecule has 2 N–H and O–H groups in total. The van der Waals surface area contributed by atoms with Gasteiger partial charge in [-0.15, -0.1) is 0 Å². The molecule has 28 heavy (non-hydrogen) atoms. The van der Waals surface area contributed by atoms with Gasteiger partial charge in [0.2, 0.25) is 0 Å². The Balaban J connectivity index is 1.31. The average molecular weight is 419 g/mol. The zero-order chi connectivity index (χ0) is 19.2. The Morgan fingerprint density at radius 2 is 1.00 bits per heavy atom. The molecule has 6 aliphatic carbocycles. The summed E-state index contributed by atoms with van der Waals surface area (Å²) in [5, 5.41) is 7.76. The number of thiocarbonyl (C=S) groups is 2. The van der Waals surface area contributed by atoms with Gasteiger partial charge in [0.1, 0.15) is 0 Å². The van der Waals surface area contributed by atoms with Crippen LogP contribution < -0.4 is 10.6 Å². The standard InChI is InChI=1S/C24H38N2S2/c27-21(25-19-7-3-1-4-8-19)23-12-17-11-18(13-23)15-24(14-17,16-23)22(28)26-20-9-5-2-6-10-20/h17-20H,1-16H2,(H,25,27)(H,26,28). The number of rotatable bonds is 4. The quantitative estimate of drug-likeness (QED) is 0.541. The van der Waals surface area contributed by atoms with E-state index >= 15 is 0 Å². The number of hydrogen-bond acceptors (Lipinski definition) is 2. The highest BCUT2D eigenvalue weighted by atomic mass is 32.1. The van der Waals surface area contributed by atoms with Crippen LogP contribution in [0.4, 0.5) is 0 Å². The van der Waals surface area contributed by atoms with Crippen molar-refractivity contribution in [3.8, 4) is 0 Å². The first-order valence-corrected chi connectivity index (χ1v) is 13.0. The normalized spacial score (nSPS) is 41.0. The van der Waals surface area contributed by atoms with E-state index in [1.165, 1.54) is 113 Å². The first kappa shape index (κ1) is 19.7. The summed E-state index contributed by atoms with van der Waals surface area (Å²) < 4.78 is 0. The van der Waals surface area contributed by atoms with Crippen LogP contribution in [0.2, 0.25) is 0 Å². The summed E-state index contributed by atoms with van der Waals surface area (Å²) in [5.74, 6) is 1.69. The maximum Gasteiger partial charge on any atom is 0.0818 e. The smallest absolute Gasteiger partial charge is 0.0818 e. The largest absolute Gasteiger partial charge is 0.376 e. The minimum atomic E-state index is 0.245. The van der Waals surface area contributed by atoms with Gasteiger partial charge >= 0.3 is 0 Å².